The van der Waals surface area contributed by atoms with Crippen LogP contribution in [0.2, 0.25) is 0 Å². The first-order valence-corrected chi connectivity index (χ1v) is 17.8. The van der Waals surface area contributed by atoms with Crippen molar-refractivity contribution in [3.63, 3.8) is 0 Å². The molecule has 0 saturated heterocycles. The molecule has 7 aromatic carbocycles. The molecule has 1 unspecified atom stereocenters. The quantitative estimate of drug-likeness (QED) is 0.183. The van der Waals surface area contributed by atoms with Gasteiger partial charge in [0.25, 0.3) is 0 Å². The number of hydrogen-bond acceptors (Lipinski definition) is 4. The van der Waals surface area contributed by atoms with Gasteiger partial charge in [-0.2, -0.15) is 0 Å². The monoisotopic (exact) mass is 667 g/mol. The minimum Gasteiger partial charge on any atom is -0.455 e. The molecular weight excluding hydrogens is 635 g/mol. The standard InChI is InChI=1S/C48H33N3O/c1-30-27-36(28-35-26-25-34(29-42(30)35)31-13-4-2-5-14-31)46-49-47(39-21-10-18-32-17-8-9-19-37(32)39)51-48(50-46)41-23-12-24-43-44(41)40-22-11-20-38(45(40)52-43)33-15-6-3-7-16-33/h2-26,28-30H,27H2,1H3. The van der Waals surface area contributed by atoms with E-state index in [2.05, 4.69) is 153 Å². The van der Waals surface area contributed by atoms with E-state index in [1.165, 1.54) is 22.3 Å². The molecule has 0 amide bonds. The molecule has 10 rings (SSSR count). The van der Waals surface area contributed by atoms with Crippen LogP contribution in [0.4, 0.5) is 0 Å². The molecule has 2 aromatic heterocycles. The molecular formula is C48H33N3O. The molecule has 0 aliphatic heterocycles. The van der Waals surface area contributed by atoms with Gasteiger partial charge in [0.2, 0.25) is 0 Å². The average molecular weight is 668 g/mol. The Hall–Kier alpha value is -6.65. The van der Waals surface area contributed by atoms with E-state index >= 15 is 0 Å². The van der Waals surface area contributed by atoms with Crippen LogP contribution >= 0.6 is 0 Å². The van der Waals surface area contributed by atoms with Crippen molar-refractivity contribution in [1.29, 1.82) is 0 Å². The predicted octanol–water partition coefficient (Wildman–Crippen LogP) is 12.6. The van der Waals surface area contributed by atoms with E-state index in [1.807, 2.05) is 18.2 Å². The Morgan fingerprint density at radius 1 is 0.519 bits per heavy atom. The molecule has 0 N–H and O–H groups in total. The zero-order valence-corrected chi connectivity index (χ0v) is 28.6. The van der Waals surface area contributed by atoms with Crippen molar-refractivity contribution in [2.24, 2.45) is 0 Å². The number of allylic oxidation sites excluding steroid dienone is 1. The first-order chi connectivity index (χ1) is 25.7. The fraction of sp³-hybridized carbons (Fsp3) is 0.0625. The zero-order valence-electron chi connectivity index (χ0n) is 28.6. The molecule has 4 heteroatoms. The highest BCUT2D eigenvalue weighted by molar-refractivity contribution is 6.15. The number of hydrogen-bond donors (Lipinski definition) is 0. The van der Waals surface area contributed by atoms with E-state index in [0.29, 0.717) is 17.5 Å². The molecule has 1 aliphatic rings. The molecule has 4 nitrogen and oxygen atoms in total. The number of rotatable bonds is 5. The van der Waals surface area contributed by atoms with Crippen LogP contribution in [0.5, 0.6) is 0 Å². The van der Waals surface area contributed by atoms with Gasteiger partial charge in [0.1, 0.15) is 11.2 Å². The van der Waals surface area contributed by atoms with E-state index in [1.54, 1.807) is 0 Å². The second kappa shape index (κ2) is 12.3. The first-order valence-electron chi connectivity index (χ1n) is 17.8. The van der Waals surface area contributed by atoms with E-state index in [0.717, 1.165) is 67.0 Å². The summed E-state index contributed by atoms with van der Waals surface area (Å²) in [6, 6.07) is 55.1. The summed E-state index contributed by atoms with van der Waals surface area (Å²) in [5.41, 5.74) is 11.9. The summed E-state index contributed by atoms with van der Waals surface area (Å²) in [5, 5.41) is 4.29. The molecule has 246 valence electrons. The van der Waals surface area contributed by atoms with Crippen molar-refractivity contribution in [2.75, 3.05) is 0 Å². The highest BCUT2D eigenvalue weighted by Crippen LogP contribution is 2.42. The zero-order chi connectivity index (χ0) is 34.6. The van der Waals surface area contributed by atoms with Crippen LogP contribution in [-0.4, -0.2) is 15.0 Å². The summed E-state index contributed by atoms with van der Waals surface area (Å²) in [4.78, 5) is 15.8. The molecule has 0 saturated carbocycles. The lowest BCUT2D eigenvalue weighted by molar-refractivity contribution is 0.670. The highest BCUT2D eigenvalue weighted by atomic mass is 16.3. The Morgan fingerprint density at radius 2 is 1.15 bits per heavy atom. The lowest BCUT2D eigenvalue weighted by atomic mass is 9.82. The van der Waals surface area contributed by atoms with E-state index in [9.17, 15) is 0 Å². The molecule has 0 fully saturated rings. The molecule has 0 bridgehead atoms. The van der Waals surface area contributed by atoms with Gasteiger partial charge in [-0.05, 0) is 68.6 Å². The van der Waals surface area contributed by atoms with Crippen molar-refractivity contribution in [1.82, 2.24) is 15.0 Å². The van der Waals surface area contributed by atoms with Crippen molar-refractivity contribution < 1.29 is 4.42 Å². The van der Waals surface area contributed by atoms with Crippen molar-refractivity contribution in [2.45, 2.75) is 19.3 Å². The Morgan fingerprint density at radius 3 is 2.00 bits per heavy atom. The number of para-hydroxylation sites is 1. The van der Waals surface area contributed by atoms with E-state index in [-0.39, 0.29) is 5.92 Å². The number of nitrogens with zero attached hydrogens (tertiary/aromatic N) is 3. The van der Waals surface area contributed by atoms with Gasteiger partial charge in [-0.15, -0.1) is 0 Å². The summed E-state index contributed by atoms with van der Waals surface area (Å²) in [6.45, 7) is 2.30. The van der Waals surface area contributed by atoms with Crippen LogP contribution < -0.4 is 0 Å². The maximum absolute atomic E-state index is 6.63. The van der Waals surface area contributed by atoms with Gasteiger partial charge in [0.05, 0.1) is 0 Å². The Balaban J connectivity index is 1.18. The van der Waals surface area contributed by atoms with Crippen molar-refractivity contribution >= 4 is 44.4 Å². The normalized spacial score (nSPS) is 14.1. The molecule has 1 aliphatic carbocycles. The van der Waals surface area contributed by atoms with Gasteiger partial charge in [-0.1, -0.05) is 159 Å². The number of fused-ring (bicyclic) bond motifs is 5. The number of benzene rings is 7. The van der Waals surface area contributed by atoms with Gasteiger partial charge in [0.15, 0.2) is 17.5 Å². The molecule has 0 spiro atoms. The largest absolute Gasteiger partial charge is 0.455 e. The van der Waals surface area contributed by atoms with E-state index < -0.39 is 0 Å². The number of furan rings is 1. The predicted molar refractivity (Wildman–Crippen MR) is 214 cm³/mol. The van der Waals surface area contributed by atoms with E-state index in [4.69, 9.17) is 19.4 Å². The van der Waals surface area contributed by atoms with Crippen LogP contribution in [0, 0.1) is 0 Å². The minimum atomic E-state index is 0.289. The Bertz CT molecular complexity index is 2830. The van der Waals surface area contributed by atoms with Crippen LogP contribution in [0.3, 0.4) is 0 Å². The van der Waals surface area contributed by atoms with Gasteiger partial charge >= 0.3 is 0 Å². The molecule has 0 radical (unpaired) electrons. The minimum absolute atomic E-state index is 0.289. The van der Waals surface area contributed by atoms with Crippen molar-refractivity contribution in [3.8, 4) is 45.0 Å². The van der Waals surface area contributed by atoms with Crippen LogP contribution in [0.1, 0.15) is 36.2 Å². The molecule has 9 aromatic rings. The average Bonchev–Trinajstić information content (AvgIpc) is 3.60. The third-order valence-corrected chi connectivity index (χ3v) is 10.4. The van der Waals surface area contributed by atoms with Crippen LogP contribution in [0.15, 0.2) is 162 Å². The fourth-order valence-electron chi connectivity index (χ4n) is 7.85. The lowest BCUT2D eigenvalue weighted by Crippen LogP contribution is -2.09. The summed E-state index contributed by atoms with van der Waals surface area (Å²) in [6.07, 6.45) is 3.10. The van der Waals surface area contributed by atoms with Gasteiger partial charge in [-0.3, -0.25) is 0 Å². The molecule has 52 heavy (non-hydrogen) atoms. The molecule has 1 atom stereocenters. The topological polar surface area (TPSA) is 51.8 Å². The van der Waals surface area contributed by atoms with Gasteiger partial charge in [0, 0.05) is 27.5 Å². The Kier molecular flexibility index (Phi) is 7.14. The summed E-state index contributed by atoms with van der Waals surface area (Å²) < 4.78 is 6.63. The lowest BCUT2D eigenvalue weighted by Gasteiger charge is -2.23. The Labute approximate surface area is 301 Å². The summed E-state index contributed by atoms with van der Waals surface area (Å²) in [7, 11) is 0. The smallest absolute Gasteiger partial charge is 0.164 e. The summed E-state index contributed by atoms with van der Waals surface area (Å²) >= 11 is 0. The third-order valence-electron chi connectivity index (χ3n) is 10.4. The fourth-order valence-corrected chi connectivity index (χ4v) is 7.85. The SMILES string of the molecule is CC1CC(c2nc(-c3cccc4ccccc34)nc(-c3cccc4oc5c(-c6ccccc6)cccc5c34)n2)=Cc2ccc(-c3ccccc3)cc21. The van der Waals surface area contributed by atoms with Gasteiger partial charge < -0.3 is 4.42 Å². The first kappa shape index (κ1) is 30.2. The van der Waals surface area contributed by atoms with Crippen LogP contribution in [-0.2, 0) is 0 Å². The second-order valence-corrected chi connectivity index (χ2v) is 13.6. The maximum atomic E-state index is 6.63. The third kappa shape index (κ3) is 5.11. The summed E-state index contributed by atoms with van der Waals surface area (Å²) in [5.74, 6) is 2.28. The highest BCUT2D eigenvalue weighted by Gasteiger charge is 2.24. The maximum Gasteiger partial charge on any atom is 0.164 e. The van der Waals surface area contributed by atoms with Crippen molar-refractivity contribution in [3.05, 3.63) is 175 Å². The van der Waals surface area contributed by atoms with Crippen LogP contribution in [0.25, 0.3) is 89.4 Å². The second-order valence-electron chi connectivity index (χ2n) is 13.6. The number of aromatic nitrogens is 3. The van der Waals surface area contributed by atoms with Gasteiger partial charge in [-0.25, -0.2) is 15.0 Å². The molecule has 2 heterocycles.